The van der Waals surface area contributed by atoms with E-state index in [0.29, 0.717) is 23.6 Å². The maximum absolute atomic E-state index is 9.66. The van der Waals surface area contributed by atoms with Crippen molar-refractivity contribution in [2.24, 2.45) is 11.7 Å². The van der Waals surface area contributed by atoms with Crippen molar-refractivity contribution in [2.45, 2.75) is 50.5 Å². The number of phenolic OH excluding ortho intramolecular Hbond substituents is 1. The largest absolute Gasteiger partial charge is 0.508 e. The highest BCUT2D eigenvalue weighted by molar-refractivity contribution is 5.40. The molecular weight excluding hydrogens is 210 g/mol. The minimum Gasteiger partial charge on any atom is -0.508 e. The third-order valence-electron chi connectivity index (χ3n) is 4.61. The minimum absolute atomic E-state index is 0.296. The Bertz CT molecular complexity index is 415. The van der Waals surface area contributed by atoms with Gasteiger partial charge < -0.3 is 10.8 Å². The average Bonchev–Trinajstić information content (AvgIpc) is 2.32. The summed E-state index contributed by atoms with van der Waals surface area (Å²) in [7, 11) is 0. The first-order valence-corrected chi connectivity index (χ1v) is 6.83. The molecule has 1 aromatic carbocycles. The number of hydrogen-bond donors (Lipinski definition) is 2. The van der Waals surface area contributed by atoms with Crippen molar-refractivity contribution in [2.75, 3.05) is 0 Å². The van der Waals surface area contributed by atoms with Gasteiger partial charge in [-0.15, -0.1) is 0 Å². The summed E-state index contributed by atoms with van der Waals surface area (Å²) in [5.41, 5.74) is 9.17. The van der Waals surface area contributed by atoms with Crippen molar-refractivity contribution in [3.8, 4) is 5.75 Å². The molecule has 3 rings (SSSR count). The second-order valence-corrected chi connectivity index (χ2v) is 5.67. The van der Waals surface area contributed by atoms with Crippen LogP contribution in [0.4, 0.5) is 0 Å². The minimum atomic E-state index is 0.296. The normalized spacial score (nSPS) is 32.4. The summed E-state index contributed by atoms with van der Waals surface area (Å²) < 4.78 is 0. The predicted octanol–water partition coefficient (Wildman–Crippen LogP) is 2.94. The van der Waals surface area contributed by atoms with E-state index >= 15 is 0 Å². The van der Waals surface area contributed by atoms with E-state index in [1.165, 1.54) is 43.2 Å². The zero-order chi connectivity index (χ0) is 11.8. The van der Waals surface area contributed by atoms with Crippen molar-refractivity contribution >= 4 is 0 Å². The van der Waals surface area contributed by atoms with Gasteiger partial charge in [-0.25, -0.2) is 0 Å². The molecule has 0 saturated heterocycles. The molecule has 0 heterocycles. The number of phenols is 1. The van der Waals surface area contributed by atoms with Crippen molar-refractivity contribution < 1.29 is 5.11 Å². The molecule has 0 aliphatic heterocycles. The molecule has 2 aliphatic carbocycles. The summed E-state index contributed by atoms with van der Waals surface area (Å²) in [6.45, 7) is 0. The van der Waals surface area contributed by atoms with Gasteiger partial charge in [0, 0.05) is 6.04 Å². The van der Waals surface area contributed by atoms with Crippen LogP contribution in [0.25, 0.3) is 0 Å². The second-order valence-electron chi connectivity index (χ2n) is 5.67. The van der Waals surface area contributed by atoms with E-state index in [4.69, 9.17) is 5.73 Å². The van der Waals surface area contributed by atoms with E-state index in [9.17, 15) is 5.11 Å². The fraction of sp³-hybridized carbons (Fsp3) is 0.600. The quantitative estimate of drug-likeness (QED) is 0.721. The first kappa shape index (κ1) is 11.1. The van der Waals surface area contributed by atoms with Gasteiger partial charge in [0.15, 0.2) is 0 Å². The summed E-state index contributed by atoms with van der Waals surface area (Å²) in [6, 6.07) is 6.15. The number of fused-ring (bicyclic) bond motifs is 4. The van der Waals surface area contributed by atoms with Gasteiger partial charge in [-0.05, 0) is 54.4 Å². The highest BCUT2D eigenvalue weighted by Gasteiger charge is 2.34. The van der Waals surface area contributed by atoms with E-state index in [1.54, 1.807) is 0 Å². The summed E-state index contributed by atoms with van der Waals surface area (Å²) in [5, 5.41) is 9.66. The standard InChI is InChI=1S/C15H21NO/c16-15-11-4-2-1-3-5-13(15)14-9-12(17)7-6-10(14)8-11/h6-7,9,11,13,15,17H,1-5,8,16H2/t11?,13?,15-/m0/s1. The fourth-order valence-corrected chi connectivity index (χ4v) is 3.66. The average molecular weight is 231 g/mol. The summed E-state index contributed by atoms with van der Waals surface area (Å²) >= 11 is 0. The lowest BCUT2D eigenvalue weighted by Crippen LogP contribution is -2.42. The van der Waals surface area contributed by atoms with Crippen LogP contribution in [0.3, 0.4) is 0 Å². The molecule has 1 aromatic rings. The highest BCUT2D eigenvalue weighted by Crippen LogP contribution is 2.41. The molecular formula is C15H21NO. The molecule has 0 spiro atoms. The van der Waals surface area contributed by atoms with E-state index in [-0.39, 0.29) is 0 Å². The Morgan fingerprint density at radius 3 is 2.82 bits per heavy atom. The Morgan fingerprint density at radius 2 is 1.94 bits per heavy atom. The molecule has 17 heavy (non-hydrogen) atoms. The van der Waals surface area contributed by atoms with Crippen LogP contribution in [0, 0.1) is 5.92 Å². The molecule has 0 amide bonds. The molecule has 0 aromatic heterocycles. The van der Waals surface area contributed by atoms with Crippen LogP contribution in [-0.4, -0.2) is 11.1 Å². The van der Waals surface area contributed by atoms with Crippen molar-refractivity contribution in [1.82, 2.24) is 0 Å². The molecule has 2 aliphatic rings. The molecule has 1 fully saturated rings. The number of aromatic hydroxyl groups is 1. The third kappa shape index (κ3) is 1.95. The number of benzene rings is 1. The van der Waals surface area contributed by atoms with Crippen LogP contribution in [0.15, 0.2) is 18.2 Å². The Hall–Kier alpha value is -1.02. The van der Waals surface area contributed by atoms with Gasteiger partial charge in [0.05, 0.1) is 0 Å². The van der Waals surface area contributed by atoms with Crippen molar-refractivity contribution in [3.05, 3.63) is 29.3 Å². The number of rotatable bonds is 0. The molecule has 2 heteroatoms. The Balaban J connectivity index is 2.02. The highest BCUT2D eigenvalue weighted by atomic mass is 16.3. The zero-order valence-electron chi connectivity index (χ0n) is 10.2. The smallest absolute Gasteiger partial charge is 0.115 e. The van der Waals surface area contributed by atoms with Gasteiger partial charge >= 0.3 is 0 Å². The van der Waals surface area contributed by atoms with Crippen molar-refractivity contribution in [1.29, 1.82) is 0 Å². The molecule has 3 N–H and O–H groups in total. The third-order valence-corrected chi connectivity index (χ3v) is 4.61. The van der Waals surface area contributed by atoms with Crippen LogP contribution < -0.4 is 5.73 Å². The summed E-state index contributed by atoms with van der Waals surface area (Å²) in [5.74, 6) is 1.50. The first-order valence-electron chi connectivity index (χ1n) is 6.83. The lowest BCUT2D eigenvalue weighted by Gasteiger charge is -2.39. The van der Waals surface area contributed by atoms with Gasteiger partial charge in [0.1, 0.15) is 5.75 Å². The van der Waals surface area contributed by atoms with E-state index < -0.39 is 0 Å². The maximum atomic E-state index is 9.66. The molecule has 0 radical (unpaired) electrons. The molecule has 3 atom stereocenters. The lowest BCUT2D eigenvalue weighted by molar-refractivity contribution is 0.277. The van der Waals surface area contributed by atoms with Crippen LogP contribution >= 0.6 is 0 Å². The first-order chi connectivity index (χ1) is 8.25. The summed E-state index contributed by atoms with van der Waals surface area (Å²) in [4.78, 5) is 0. The Kier molecular flexibility index (Phi) is 2.83. The molecule has 2 bridgehead atoms. The molecule has 2 unspecified atom stereocenters. The van der Waals surface area contributed by atoms with Gasteiger partial charge in [0.2, 0.25) is 0 Å². The van der Waals surface area contributed by atoms with Crippen LogP contribution in [-0.2, 0) is 6.42 Å². The zero-order valence-corrected chi connectivity index (χ0v) is 10.2. The molecule has 2 nitrogen and oxygen atoms in total. The lowest BCUT2D eigenvalue weighted by atomic mass is 9.68. The SMILES string of the molecule is N[C@H]1C2CCCCCC1c1cc(O)ccc1C2. The second kappa shape index (κ2) is 4.34. The Morgan fingerprint density at radius 1 is 1.12 bits per heavy atom. The van der Waals surface area contributed by atoms with Crippen LogP contribution in [0.1, 0.15) is 49.1 Å². The molecule has 92 valence electrons. The van der Waals surface area contributed by atoms with E-state index in [0.717, 1.165) is 6.42 Å². The van der Waals surface area contributed by atoms with Gasteiger partial charge in [-0.3, -0.25) is 0 Å². The number of nitrogens with two attached hydrogens (primary N) is 1. The summed E-state index contributed by atoms with van der Waals surface area (Å²) in [6.07, 6.45) is 7.52. The fourth-order valence-electron chi connectivity index (χ4n) is 3.66. The van der Waals surface area contributed by atoms with Crippen molar-refractivity contribution in [3.63, 3.8) is 0 Å². The maximum Gasteiger partial charge on any atom is 0.115 e. The van der Waals surface area contributed by atoms with Gasteiger partial charge in [-0.1, -0.05) is 25.3 Å². The number of hydrogen-bond acceptors (Lipinski definition) is 2. The van der Waals surface area contributed by atoms with Crippen LogP contribution in [0.5, 0.6) is 5.75 Å². The van der Waals surface area contributed by atoms with E-state index in [1.807, 2.05) is 12.1 Å². The predicted molar refractivity (Wildman–Crippen MR) is 69.1 cm³/mol. The topological polar surface area (TPSA) is 46.2 Å². The van der Waals surface area contributed by atoms with Crippen LogP contribution in [0.2, 0.25) is 0 Å². The Labute approximate surface area is 103 Å². The molecule has 1 saturated carbocycles. The monoisotopic (exact) mass is 231 g/mol. The van der Waals surface area contributed by atoms with Gasteiger partial charge in [-0.2, -0.15) is 0 Å². The van der Waals surface area contributed by atoms with E-state index in [2.05, 4.69) is 6.07 Å². The van der Waals surface area contributed by atoms with Gasteiger partial charge in [0.25, 0.3) is 0 Å².